The molecule has 0 aromatic carbocycles. The number of nitrogens with zero attached hydrogens (tertiary/aromatic N) is 1. The molecule has 8 heteroatoms. The first-order valence-corrected chi connectivity index (χ1v) is 9.73. The highest BCUT2D eigenvalue weighted by atomic mass is 32.2. The van der Waals surface area contributed by atoms with Crippen molar-refractivity contribution < 1.29 is 17.6 Å². The van der Waals surface area contributed by atoms with Crippen molar-refractivity contribution in [3.8, 4) is 0 Å². The van der Waals surface area contributed by atoms with Gasteiger partial charge in [0, 0.05) is 19.1 Å². The van der Waals surface area contributed by atoms with E-state index >= 15 is 0 Å². The topological polar surface area (TPSA) is 91.7 Å². The number of carbonyl (C=O) groups is 1. The van der Waals surface area contributed by atoms with Crippen molar-refractivity contribution in [3.63, 3.8) is 0 Å². The van der Waals surface area contributed by atoms with Gasteiger partial charge < -0.3 is 14.6 Å². The van der Waals surface area contributed by atoms with Gasteiger partial charge in [-0.25, -0.2) is 17.9 Å². The summed E-state index contributed by atoms with van der Waals surface area (Å²) >= 11 is 0. The van der Waals surface area contributed by atoms with Crippen molar-refractivity contribution in [3.05, 3.63) is 23.7 Å². The molecule has 0 bridgehead atoms. The summed E-state index contributed by atoms with van der Waals surface area (Å²) in [5, 5.41) is 2.92. The second-order valence-electron chi connectivity index (χ2n) is 6.08. The molecular formula is C15H25N3O4S. The standard InChI is InChI=1S/C15H25N3O4S/c1-11-7-8-14(22-11)12(2)17-15(19)18-9-5-4-6-13(18)10-16-23(3,20)21/h7-8,12-13,16H,4-6,9-10H2,1-3H3,(H,17,19)/t12-,13+/m1/s1. The lowest BCUT2D eigenvalue weighted by molar-refractivity contribution is 0.148. The Morgan fingerprint density at radius 3 is 2.78 bits per heavy atom. The Morgan fingerprint density at radius 1 is 1.43 bits per heavy atom. The van der Waals surface area contributed by atoms with Gasteiger partial charge in [0.1, 0.15) is 11.5 Å². The highest BCUT2D eigenvalue weighted by Crippen LogP contribution is 2.19. The Hall–Kier alpha value is -1.54. The molecule has 1 aliphatic rings. The molecule has 1 fully saturated rings. The van der Waals surface area contributed by atoms with Crippen molar-refractivity contribution in [2.24, 2.45) is 0 Å². The van der Waals surface area contributed by atoms with E-state index in [2.05, 4.69) is 10.0 Å². The quantitative estimate of drug-likeness (QED) is 0.852. The number of nitrogens with one attached hydrogen (secondary N) is 2. The molecule has 0 spiro atoms. The largest absolute Gasteiger partial charge is 0.464 e. The number of rotatable bonds is 5. The van der Waals surface area contributed by atoms with Crippen molar-refractivity contribution in [1.29, 1.82) is 0 Å². The third kappa shape index (κ3) is 5.24. The van der Waals surface area contributed by atoms with Crippen molar-refractivity contribution in [2.45, 2.75) is 45.2 Å². The fourth-order valence-electron chi connectivity index (χ4n) is 2.75. The smallest absolute Gasteiger partial charge is 0.318 e. The van der Waals surface area contributed by atoms with Gasteiger partial charge in [-0.05, 0) is 45.2 Å². The van der Waals surface area contributed by atoms with Crippen LogP contribution in [0.3, 0.4) is 0 Å². The van der Waals surface area contributed by atoms with Crippen LogP contribution < -0.4 is 10.0 Å². The molecule has 1 saturated heterocycles. The first-order chi connectivity index (χ1) is 10.8. The predicted octanol–water partition coefficient (Wildman–Crippen LogP) is 1.76. The van der Waals surface area contributed by atoms with Gasteiger partial charge in [-0.3, -0.25) is 0 Å². The summed E-state index contributed by atoms with van der Waals surface area (Å²) in [5.74, 6) is 1.51. The molecule has 2 heterocycles. The molecule has 130 valence electrons. The Morgan fingerprint density at radius 2 is 2.17 bits per heavy atom. The molecule has 2 N–H and O–H groups in total. The summed E-state index contributed by atoms with van der Waals surface area (Å²) in [6.45, 7) is 4.60. The van der Waals surface area contributed by atoms with E-state index in [4.69, 9.17) is 4.42 Å². The molecule has 1 aliphatic heterocycles. The van der Waals surface area contributed by atoms with E-state index < -0.39 is 10.0 Å². The van der Waals surface area contributed by atoms with E-state index in [0.717, 1.165) is 31.3 Å². The van der Waals surface area contributed by atoms with Crippen LogP contribution in [0.4, 0.5) is 4.79 Å². The van der Waals surface area contributed by atoms with E-state index in [1.54, 1.807) is 4.90 Å². The summed E-state index contributed by atoms with van der Waals surface area (Å²) in [5.41, 5.74) is 0. The Kier molecular flexibility index (Phi) is 5.69. The van der Waals surface area contributed by atoms with Crippen LogP contribution in [0, 0.1) is 6.92 Å². The Balaban J connectivity index is 1.97. The van der Waals surface area contributed by atoms with Crippen LogP contribution in [0.1, 0.15) is 43.7 Å². The van der Waals surface area contributed by atoms with Crippen LogP contribution >= 0.6 is 0 Å². The van der Waals surface area contributed by atoms with E-state index in [1.807, 2.05) is 26.0 Å². The second kappa shape index (κ2) is 7.35. The average Bonchev–Trinajstić information content (AvgIpc) is 2.91. The van der Waals surface area contributed by atoms with Crippen LogP contribution in [0.25, 0.3) is 0 Å². The van der Waals surface area contributed by atoms with Crippen LogP contribution in [-0.2, 0) is 10.0 Å². The highest BCUT2D eigenvalue weighted by molar-refractivity contribution is 7.88. The second-order valence-corrected chi connectivity index (χ2v) is 7.92. The number of hydrogen-bond acceptors (Lipinski definition) is 4. The summed E-state index contributed by atoms with van der Waals surface area (Å²) in [7, 11) is -3.26. The maximum atomic E-state index is 12.5. The summed E-state index contributed by atoms with van der Waals surface area (Å²) in [6, 6.07) is 3.16. The molecule has 2 amide bonds. The van der Waals surface area contributed by atoms with Crippen LogP contribution in [0.2, 0.25) is 0 Å². The van der Waals surface area contributed by atoms with Crippen LogP contribution in [-0.4, -0.2) is 44.7 Å². The Labute approximate surface area is 137 Å². The predicted molar refractivity (Wildman–Crippen MR) is 87.6 cm³/mol. The molecule has 23 heavy (non-hydrogen) atoms. The zero-order valence-corrected chi connectivity index (χ0v) is 14.6. The number of sulfonamides is 1. The van der Waals surface area contributed by atoms with Gasteiger partial charge in [0.2, 0.25) is 10.0 Å². The number of furan rings is 1. The highest BCUT2D eigenvalue weighted by Gasteiger charge is 2.28. The van der Waals surface area contributed by atoms with E-state index in [9.17, 15) is 13.2 Å². The van der Waals surface area contributed by atoms with Gasteiger partial charge in [0.15, 0.2) is 0 Å². The number of urea groups is 1. The van der Waals surface area contributed by atoms with Crippen LogP contribution in [0.5, 0.6) is 0 Å². The molecule has 2 atom stereocenters. The van der Waals surface area contributed by atoms with Gasteiger partial charge in [-0.15, -0.1) is 0 Å². The van der Waals surface area contributed by atoms with E-state index in [0.29, 0.717) is 12.3 Å². The minimum Gasteiger partial charge on any atom is -0.464 e. The minimum absolute atomic E-state index is 0.121. The number of amides is 2. The molecule has 0 saturated carbocycles. The van der Waals surface area contributed by atoms with Gasteiger partial charge in [0.25, 0.3) is 0 Å². The first-order valence-electron chi connectivity index (χ1n) is 7.84. The molecular weight excluding hydrogens is 318 g/mol. The molecule has 1 aromatic heterocycles. The molecule has 0 unspecified atom stereocenters. The number of hydrogen-bond donors (Lipinski definition) is 2. The molecule has 7 nitrogen and oxygen atoms in total. The van der Waals surface area contributed by atoms with Crippen molar-refractivity contribution >= 4 is 16.1 Å². The van der Waals surface area contributed by atoms with Crippen molar-refractivity contribution in [1.82, 2.24) is 14.9 Å². The lowest BCUT2D eigenvalue weighted by Crippen LogP contribution is -2.52. The fraction of sp³-hybridized carbons (Fsp3) is 0.667. The Bertz CT molecular complexity index is 641. The zero-order chi connectivity index (χ0) is 17.0. The third-order valence-corrected chi connectivity index (χ3v) is 4.69. The summed E-state index contributed by atoms with van der Waals surface area (Å²) < 4.78 is 30.6. The van der Waals surface area contributed by atoms with Crippen LogP contribution in [0.15, 0.2) is 16.5 Å². The normalized spacial score (nSPS) is 20.3. The van der Waals surface area contributed by atoms with E-state index in [-0.39, 0.29) is 24.7 Å². The summed E-state index contributed by atoms with van der Waals surface area (Å²) in [6.07, 6.45) is 3.84. The van der Waals surface area contributed by atoms with Gasteiger partial charge in [-0.1, -0.05) is 0 Å². The number of piperidine rings is 1. The maximum Gasteiger partial charge on any atom is 0.318 e. The molecule has 0 radical (unpaired) electrons. The SMILES string of the molecule is Cc1ccc([C@@H](C)NC(=O)N2CCCC[C@H]2CNS(C)(=O)=O)o1. The lowest BCUT2D eigenvalue weighted by atomic mass is 10.0. The lowest BCUT2D eigenvalue weighted by Gasteiger charge is -2.36. The fourth-order valence-corrected chi connectivity index (χ4v) is 3.25. The monoisotopic (exact) mass is 343 g/mol. The van der Waals surface area contributed by atoms with E-state index in [1.165, 1.54) is 0 Å². The maximum absolute atomic E-state index is 12.5. The van der Waals surface area contributed by atoms with Crippen molar-refractivity contribution in [2.75, 3.05) is 19.3 Å². The third-order valence-electron chi connectivity index (χ3n) is 4.00. The van der Waals surface area contributed by atoms with Gasteiger partial charge >= 0.3 is 6.03 Å². The molecule has 0 aliphatic carbocycles. The molecule has 2 rings (SSSR count). The van der Waals surface area contributed by atoms with Gasteiger partial charge in [0.05, 0.1) is 12.3 Å². The zero-order valence-electron chi connectivity index (χ0n) is 13.8. The minimum atomic E-state index is -3.26. The number of carbonyl (C=O) groups excluding carboxylic acids is 1. The average molecular weight is 343 g/mol. The summed E-state index contributed by atoms with van der Waals surface area (Å²) in [4.78, 5) is 14.2. The number of likely N-dealkylation sites (tertiary alicyclic amines) is 1. The molecule has 1 aromatic rings. The van der Waals surface area contributed by atoms with Gasteiger partial charge in [-0.2, -0.15) is 0 Å². The first kappa shape index (κ1) is 17.8. The number of aryl methyl sites for hydroxylation is 1.